The maximum atomic E-state index is 12.3. The van der Waals surface area contributed by atoms with Crippen LogP contribution in [0.25, 0.3) is 22.4 Å². The molecule has 1 aliphatic rings. The van der Waals surface area contributed by atoms with Crippen LogP contribution in [0.5, 0.6) is 0 Å². The molecule has 2 aromatic heterocycles. The lowest BCUT2D eigenvalue weighted by atomic mass is 9.77. The number of nitrogens with one attached hydrogen (secondary N) is 1. The van der Waals surface area contributed by atoms with E-state index in [1.54, 1.807) is 25.1 Å². The SMILES string of the molecule is CCn1c(=O)[nH]c2cc(-c3nc(C4(N)CCC4)no3)ccc2c1=O. The average Bonchev–Trinajstić information content (AvgIpc) is 3.02. The van der Waals surface area contributed by atoms with E-state index in [1.165, 1.54) is 0 Å². The Morgan fingerprint density at radius 3 is 2.83 bits per heavy atom. The van der Waals surface area contributed by atoms with Crippen molar-refractivity contribution >= 4 is 10.9 Å². The van der Waals surface area contributed by atoms with E-state index in [2.05, 4.69) is 15.1 Å². The minimum absolute atomic E-state index is 0.315. The third kappa shape index (κ3) is 2.10. The molecular weight excluding hydrogens is 310 g/mol. The summed E-state index contributed by atoms with van der Waals surface area (Å²) in [6.07, 6.45) is 2.74. The maximum Gasteiger partial charge on any atom is 0.328 e. The molecule has 0 amide bonds. The Hall–Kier alpha value is -2.74. The number of benzene rings is 1. The van der Waals surface area contributed by atoms with Gasteiger partial charge >= 0.3 is 5.69 Å². The van der Waals surface area contributed by atoms with Crippen molar-refractivity contribution in [3.63, 3.8) is 0 Å². The summed E-state index contributed by atoms with van der Waals surface area (Å²) in [4.78, 5) is 31.3. The fourth-order valence-electron chi connectivity index (χ4n) is 3.00. The molecule has 0 unspecified atom stereocenters. The van der Waals surface area contributed by atoms with Crippen molar-refractivity contribution in [1.82, 2.24) is 19.7 Å². The van der Waals surface area contributed by atoms with E-state index < -0.39 is 11.2 Å². The summed E-state index contributed by atoms with van der Waals surface area (Å²) in [5.41, 5.74) is 6.03. The third-order valence-corrected chi connectivity index (χ3v) is 4.66. The first-order valence-electron chi connectivity index (χ1n) is 7.92. The van der Waals surface area contributed by atoms with Crippen LogP contribution in [0.2, 0.25) is 0 Å². The summed E-state index contributed by atoms with van der Waals surface area (Å²) in [7, 11) is 0. The second-order valence-corrected chi connectivity index (χ2v) is 6.17. The highest BCUT2D eigenvalue weighted by molar-refractivity contribution is 5.81. The first kappa shape index (κ1) is 14.8. The molecule has 0 saturated heterocycles. The van der Waals surface area contributed by atoms with Crippen molar-refractivity contribution in [2.24, 2.45) is 5.73 Å². The van der Waals surface area contributed by atoms with Crippen LogP contribution in [0.3, 0.4) is 0 Å². The number of nitrogens with zero attached hydrogens (tertiary/aromatic N) is 3. The van der Waals surface area contributed by atoms with Crippen LogP contribution in [-0.2, 0) is 12.1 Å². The standard InChI is InChI=1S/C16H17N5O3/c1-2-21-13(22)10-5-4-9(8-11(10)18-15(21)23)12-19-14(20-24-12)16(17)6-3-7-16/h4-5,8H,2-3,6-7,17H2,1H3,(H,18,23). The van der Waals surface area contributed by atoms with E-state index in [-0.39, 0.29) is 5.56 Å². The van der Waals surface area contributed by atoms with E-state index in [0.29, 0.717) is 34.7 Å². The lowest BCUT2D eigenvalue weighted by Gasteiger charge is -2.34. The van der Waals surface area contributed by atoms with E-state index >= 15 is 0 Å². The van der Waals surface area contributed by atoms with Crippen LogP contribution in [0, 0.1) is 0 Å². The van der Waals surface area contributed by atoms with Crippen molar-refractivity contribution in [1.29, 1.82) is 0 Å². The number of rotatable bonds is 3. The lowest BCUT2D eigenvalue weighted by molar-refractivity contribution is 0.229. The number of H-pyrrole nitrogens is 1. The van der Waals surface area contributed by atoms with Crippen LogP contribution in [0.1, 0.15) is 32.0 Å². The molecule has 4 rings (SSSR count). The summed E-state index contributed by atoms with van der Waals surface area (Å²) < 4.78 is 6.46. The predicted octanol–water partition coefficient (Wildman–Crippen LogP) is 1.10. The molecular formula is C16H17N5O3. The summed E-state index contributed by atoms with van der Waals surface area (Å²) in [6, 6.07) is 5.04. The summed E-state index contributed by atoms with van der Waals surface area (Å²) in [6.45, 7) is 2.07. The quantitative estimate of drug-likeness (QED) is 0.743. The molecule has 0 radical (unpaired) electrons. The van der Waals surface area contributed by atoms with Gasteiger partial charge in [0, 0.05) is 12.1 Å². The zero-order valence-corrected chi connectivity index (χ0v) is 13.2. The van der Waals surface area contributed by atoms with Crippen molar-refractivity contribution < 1.29 is 4.52 Å². The van der Waals surface area contributed by atoms with Gasteiger partial charge in [-0.1, -0.05) is 5.16 Å². The fourth-order valence-corrected chi connectivity index (χ4v) is 3.00. The Bertz CT molecular complexity index is 1040. The Morgan fingerprint density at radius 2 is 2.17 bits per heavy atom. The Morgan fingerprint density at radius 1 is 1.38 bits per heavy atom. The molecule has 24 heavy (non-hydrogen) atoms. The lowest BCUT2D eigenvalue weighted by Crippen LogP contribution is -2.44. The van der Waals surface area contributed by atoms with Crippen LogP contribution in [0.15, 0.2) is 32.3 Å². The zero-order valence-electron chi connectivity index (χ0n) is 13.2. The number of hydrogen-bond acceptors (Lipinski definition) is 6. The minimum atomic E-state index is -0.498. The van der Waals surface area contributed by atoms with Crippen molar-refractivity contribution in [2.75, 3.05) is 0 Å². The molecule has 1 aromatic carbocycles. The molecule has 0 spiro atoms. The van der Waals surface area contributed by atoms with E-state index in [1.807, 2.05) is 0 Å². The van der Waals surface area contributed by atoms with E-state index in [4.69, 9.17) is 10.3 Å². The topological polar surface area (TPSA) is 120 Å². The summed E-state index contributed by atoms with van der Waals surface area (Å²) >= 11 is 0. The number of hydrogen-bond donors (Lipinski definition) is 2. The Labute approximate surface area is 136 Å². The maximum absolute atomic E-state index is 12.3. The van der Waals surface area contributed by atoms with Gasteiger partial charge in [-0.05, 0) is 44.4 Å². The van der Waals surface area contributed by atoms with Gasteiger partial charge in [-0.3, -0.25) is 9.36 Å². The van der Waals surface area contributed by atoms with Gasteiger partial charge in [-0.15, -0.1) is 0 Å². The summed E-state index contributed by atoms with van der Waals surface area (Å²) in [5.74, 6) is 0.822. The van der Waals surface area contributed by atoms with Gasteiger partial charge in [0.25, 0.3) is 11.4 Å². The molecule has 8 heteroatoms. The molecule has 1 saturated carbocycles. The molecule has 1 fully saturated rings. The van der Waals surface area contributed by atoms with Gasteiger partial charge in [-0.2, -0.15) is 4.98 Å². The number of aromatic amines is 1. The molecule has 0 aliphatic heterocycles. The largest absolute Gasteiger partial charge is 0.334 e. The molecule has 2 heterocycles. The van der Waals surface area contributed by atoms with Crippen LogP contribution >= 0.6 is 0 Å². The molecule has 124 valence electrons. The highest BCUT2D eigenvalue weighted by Gasteiger charge is 2.39. The van der Waals surface area contributed by atoms with E-state index in [9.17, 15) is 9.59 Å². The van der Waals surface area contributed by atoms with E-state index in [0.717, 1.165) is 23.8 Å². The normalized spacial score (nSPS) is 16.2. The molecule has 8 nitrogen and oxygen atoms in total. The van der Waals surface area contributed by atoms with Crippen LogP contribution < -0.4 is 17.0 Å². The van der Waals surface area contributed by atoms with Gasteiger partial charge in [-0.25, -0.2) is 4.79 Å². The van der Waals surface area contributed by atoms with Crippen LogP contribution in [-0.4, -0.2) is 19.7 Å². The molecule has 0 bridgehead atoms. The second kappa shape index (κ2) is 5.13. The highest BCUT2D eigenvalue weighted by Crippen LogP contribution is 2.37. The Kier molecular flexibility index (Phi) is 3.17. The van der Waals surface area contributed by atoms with Crippen molar-refractivity contribution in [3.05, 3.63) is 44.9 Å². The number of nitrogens with two attached hydrogens (primary N) is 1. The number of fused-ring (bicyclic) bond motifs is 1. The molecule has 1 aliphatic carbocycles. The first-order chi connectivity index (χ1) is 11.5. The van der Waals surface area contributed by atoms with Gasteiger partial charge in [0.2, 0.25) is 0 Å². The van der Waals surface area contributed by atoms with Gasteiger partial charge in [0.1, 0.15) is 0 Å². The smallest absolute Gasteiger partial charge is 0.328 e. The second-order valence-electron chi connectivity index (χ2n) is 6.17. The zero-order chi connectivity index (χ0) is 16.9. The summed E-state index contributed by atoms with van der Waals surface area (Å²) in [5, 5.41) is 4.42. The van der Waals surface area contributed by atoms with Crippen molar-refractivity contribution in [3.8, 4) is 11.5 Å². The van der Waals surface area contributed by atoms with Gasteiger partial charge in [0.05, 0.1) is 16.4 Å². The average molecular weight is 327 g/mol. The fraction of sp³-hybridized carbons (Fsp3) is 0.375. The minimum Gasteiger partial charge on any atom is -0.334 e. The number of aromatic nitrogens is 4. The molecule has 3 aromatic rings. The third-order valence-electron chi connectivity index (χ3n) is 4.66. The van der Waals surface area contributed by atoms with Crippen molar-refractivity contribution in [2.45, 2.75) is 38.3 Å². The van der Waals surface area contributed by atoms with Gasteiger partial charge < -0.3 is 15.2 Å². The Balaban J connectivity index is 1.81. The predicted molar refractivity (Wildman–Crippen MR) is 87.5 cm³/mol. The van der Waals surface area contributed by atoms with Crippen LogP contribution in [0.4, 0.5) is 0 Å². The highest BCUT2D eigenvalue weighted by atomic mass is 16.5. The molecule has 0 atom stereocenters. The molecule has 3 N–H and O–H groups in total. The van der Waals surface area contributed by atoms with Gasteiger partial charge in [0.15, 0.2) is 5.82 Å². The first-order valence-corrected chi connectivity index (χ1v) is 7.92. The monoisotopic (exact) mass is 327 g/mol.